The smallest absolute Gasteiger partial charge is 0.475 e. The molecule has 0 aliphatic heterocycles. The monoisotopic (exact) mass is 482 g/mol. The number of carboxylic acids is 1. The summed E-state index contributed by atoms with van der Waals surface area (Å²) in [6.45, 7) is 5.98. The number of nitrogens with one attached hydrogen (secondary N) is 2. The van der Waals surface area contributed by atoms with Crippen molar-refractivity contribution < 1.29 is 37.4 Å². The van der Waals surface area contributed by atoms with E-state index in [2.05, 4.69) is 10.6 Å². The number of anilines is 1. The van der Waals surface area contributed by atoms with Gasteiger partial charge in [0.25, 0.3) is 0 Å². The summed E-state index contributed by atoms with van der Waals surface area (Å²) >= 11 is 0. The van der Waals surface area contributed by atoms with Crippen LogP contribution in [0.4, 0.5) is 18.9 Å². The summed E-state index contributed by atoms with van der Waals surface area (Å²) in [6, 6.07) is 17.9. The zero-order chi connectivity index (χ0) is 25.7. The molecule has 0 heterocycles. The lowest BCUT2D eigenvalue weighted by molar-refractivity contribution is -0.192. The molecular formula is C24H29F3N2O5. The van der Waals surface area contributed by atoms with E-state index in [1.54, 1.807) is 6.92 Å². The van der Waals surface area contributed by atoms with Crippen LogP contribution in [0.15, 0.2) is 60.7 Å². The number of benzene rings is 2. The van der Waals surface area contributed by atoms with E-state index >= 15 is 0 Å². The Morgan fingerprint density at radius 3 is 1.91 bits per heavy atom. The first-order chi connectivity index (χ1) is 15.9. The molecule has 0 aliphatic carbocycles. The van der Waals surface area contributed by atoms with Crippen LogP contribution in [0.25, 0.3) is 0 Å². The van der Waals surface area contributed by atoms with Crippen molar-refractivity contribution in [1.82, 2.24) is 5.32 Å². The Hall–Kier alpha value is -3.56. The van der Waals surface area contributed by atoms with Gasteiger partial charge in [0.1, 0.15) is 18.7 Å². The Kier molecular flexibility index (Phi) is 11.6. The predicted octanol–water partition coefficient (Wildman–Crippen LogP) is 4.39. The van der Waals surface area contributed by atoms with Gasteiger partial charge in [0.2, 0.25) is 5.91 Å². The number of halogens is 3. The number of carbonyl (C=O) groups excluding carboxylic acids is 2. The van der Waals surface area contributed by atoms with Gasteiger partial charge in [-0.3, -0.25) is 4.79 Å². The van der Waals surface area contributed by atoms with Crippen LogP contribution in [0, 0.1) is 5.92 Å². The highest BCUT2D eigenvalue weighted by Crippen LogP contribution is 2.13. The largest absolute Gasteiger partial charge is 0.490 e. The molecule has 0 saturated heterocycles. The van der Waals surface area contributed by atoms with Crippen LogP contribution in [-0.2, 0) is 25.7 Å². The zero-order valence-corrected chi connectivity index (χ0v) is 19.1. The second-order valence-electron chi connectivity index (χ2n) is 7.82. The Bertz CT molecular complexity index is 906. The SMILES string of the molecule is CC(C)C[C@H](NC(=O)C(C)Nc1ccccc1)C(=O)OCc1ccccc1.O=C(O)C(F)(F)F. The Morgan fingerprint density at radius 2 is 1.44 bits per heavy atom. The molecule has 0 bridgehead atoms. The van der Waals surface area contributed by atoms with Crippen molar-refractivity contribution in [3.05, 3.63) is 66.2 Å². The molecule has 10 heteroatoms. The normalized spacial score (nSPS) is 12.6. The van der Waals surface area contributed by atoms with Crippen LogP contribution in [0.3, 0.4) is 0 Å². The molecular weight excluding hydrogens is 453 g/mol. The van der Waals surface area contributed by atoms with Gasteiger partial charge >= 0.3 is 18.1 Å². The van der Waals surface area contributed by atoms with E-state index < -0.39 is 30.2 Å². The molecule has 7 nitrogen and oxygen atoms in total. The van der Waals surface area contributed by atoms with Crippen molar-refractivity contribution in [3.63, 3.8) is 0 Å². The molecule has 2 aromatic rings. The van der Waals surface area contributed by atoms with Gasteiger partial charge in [-0.25, -0.2) is 9.59 Å². The summed E-state index contributed by atoms with van der Waals surface area (Å²) in [5.74, 6) is -3.15. The van der Waals surface area contributed by atoms with Gasteiger partial charge in [-0.1, -0.05) is 62.4 Å². The summed E-state index contributed by atoms with van der Waals surface area (Å²) < 4.78 is 37.2. The highest BCUT2D eigenvalue weighted by Gasteiger charge is 2.38. The molecule has 0 fully saturated rings. The summed E-state index contributed by atoms with van der Waals surface area (Å²) in [4.78, 5) is 33.9. The van der Waals surface area contributed by atoms with Crippen molar-refractivity contribution in [2.75, 3.05) is 5.32 Å². The predicted molar refractivity (Wildman–Crippen MR) is 121 cm³/mol. The van der Waals surface area contributed by atoms with Crippen molar-refractivity contribution in [3.8, 4) is 0 Å². The third kappa shape index (κ3) is 11.3. The van der Waals surface area contributed by atoms with Gasteiger partial charge < -0.3 is 20.5 Å². The van der Waals surface area contributed by atoms with Gasteiger partial charge in [-0.15, -0.1) is 0 Å². The van der Waals surface area contributed by atoms with Gasteiger partial charge in [-0.05, 0) is 37.0 Å². The number of para-hydroxylation sites is 1. The minimum Gasteiger partial charge on any atom is -0.475 e. The van der Waals surface area contributed by atoms with E-state index in [1.807, 2.05) is 74.5 Å². The number of alkyl halides is 3. The fourth-order valence-electron chi connectivity index (χ4n) is 2.66. The van der Waals surface area contributed by atoms with E-state index in [1.165, 1.54) is 0 Å². The van der Waals surface area contributed by atoms with Crippen molar-refractivity contribution in [1.29, 1.82) is 0 Å². The van der Waals surface area contributed by atoms with Crippen LogP contribution in [0.1, 0.15) is 32.8 Å². The lowest BCUT2D eigenvalue weighted by Crippen LogP contribution is -2.48. The first-order valence-corrected chi connectivity index (χ1v) is 10.5. The second kappa shape index (κ2) is 13.9. The van der Waals surface area contributed by atoms with Gasteiger partial charge in [0, 0.05) is 5.69 Å². The van der Waals surface area contributed by atoms with Crippen molar-refractivity contribution >= 4 is 23.5 Å². The highest BCUT2D eigenvalue weighted by molar-refractivity contribution is 5.89. The maximum atomic E-state index is 12.5. The summed E-state index contributed by atoms with van der Waals surface area (Å²) in [6.07, 6.45) is -4.56. The lowest BCUT2D eigenvalue weighted by atomic mass is 10.0. The minimum atomic E-state index is -5.08. The number of amides is 1. The molecule has 2 atom stereocenters. The van der Waals surface area contributed by atoms with E-state index in [0.29, 0.717) is 6.42 Å². The maximum Gasteiger partial charge on any atom is 0.490 e. The third-order valence-corrected chi connectivity index (χ3v) is 4.32. The van der Waals surface area contributed by atoms with Crippen molar-refractivity contribution in [2.24, 2.45) is 5.92 Å². The molecule has 3 N–H and O–H groups in total. The van der Waals surface area contributed by atoms with E-state index in [9.17, 15) is 22.8 Å². The Labute approximate surface area is 196 Å². The van der Waals surface area contributed by atoms with Crippen LogP contribution < -0.4 is 10.6 Å². The molecule has 2 rings (SSSR count). The number of carboxylic acid groups (broad SMARTS) is 1. The summed E-state index contributed by atoms with van der Waals surface area (Å²) in [5, 5.41) is 13.1. The van der Waals surface area contributed by atoms with E-state index in [-0.39, 0.29) is 18.4 Å². The number of ether oxygens (including phenoxy) is 1. The number of carbonyl (C=O) groups is 3. The molecule has 186 valence electrons. The molecule has 0 radical (unpaired) electrons. The van der Waals surface area contributed by atoms with Crippen LogP contribution in [-0.4, -0.2) is 41.2 Å². The molecule has 0 aromatic heterocycles. The molecule has 0 aliphatic rings. The standard InChI is InChI=1S/C22H28N2O3.C2HF3O2/c1-16(2)14-20(22(26)27-15-18-10-6-4-7-11-18)24-21(25)17(3)23-19-12-8-5-9-13-19;3-2(4,5)1(6)7/h4-13,16-17,20,23H,14-15H2,1-3H3,(H,24,25);(H,6,7)/t17?,20-;/m0./s1. The van der Waals surface area contributed by atoms with Crippen LogP contribution in [0.5, 0.6) is 0 Å². The van der Waals surface area contributed by atoms with Gasteiger partial charge in [0.05, 0.1) is 0 Å². The summed E-state index contributed by atoms with van der Waals surface area (Å²) in [5.41, 5.74) is 1.77. The fourth-order valence-corrected chi connectivity index (χ4v) is 2.66. The Balaban J connectivity index is 0.000000718. The van der Waals surface area contributed by atoms with E-state index in [4.69, 9.17) is 14.6 Å². The Morgan fingerprint density at radius 1 is 0.941 bits per heavy atom. The summed E-state index contributed by atoms with van der Waals surface area (Å²) in [7, 11) is 0. The third-order valence-electron chi connectivity index (χ3n) is 4.32. The number of hydrogen-bond acceptors (Lipinski definition) is 5. The average Bonchev–Trinajstić information content (AvgIpc) is 2.77. The van der Waals surface area contributed by atoms with Crippen LogP contribution >= 0.6 is 0 Å². The highest BCUT2D eigenvalue weighted by atomic mass is 19.4. The molecule has 34 heavy (non-hydrogen) atoms. The first-order valence-electron chi connectivity index (χ1n) is 10.5. The first kappa shape index (κ1) is 28.5. The topological polar surface area (TPSA) is 105 Å². The van der Waals surface area contributed by atoms with Crippen molar-refractivity contribution in [2.45, 2.75) is 52.1 Å². The van der Waals surface area contributed by atoms with E-state index in [0.717, 1.165) is 11.3 Å². The van der Waals surface area contributed by atoms with Gasteiger partial charge in [0.15, 0.2) is 0 Å². The second-order valence-corrected chi connectivity index (χ2v) is 7.82. The van der Waals surface area contributed by atoms with Gasteiger partial charge in [-0.2, -0.15) is 13.2 Å². The van der Waals surface area contributed by atoms with Crippen LogP contribution in [0.2, 0.25) is 0 Å². The maximum absolute atomic E-state index is 12.5. The number of hydrogen-bond donors (Lipinski definition) is 3. The number of rotatable bonds is 9. The zero-order valence-electron chi connectivity index (χ0n) is 19.1. The molecule has 2 aromatic carbocycles. The number of esters is 1. The molecule has 0 spiro atoms. The molecule has 0 saturated carbocycles. The molecule has 1 unspecified atom stereocenters. The minimum absolute atomic E-state index is 0.196. The average molecular weight is 482 g/mol. The number of aliphatic carboxylic acids is 1. The lowest BCUT2D eigenvalue weighted by Gasteiger charge is -2.22. The quantitative estimate of drug-likeness (QED) is 0.458. The fraction of sp³-hybridized carbons (Fsp3) is 0.375. The molecule has 1 amide bonds.